The van der Waals surface area contributed by atoms with Gasteiger partial charge in [0.1, 0.15) is 0 Å². The molecule has 0 bridgehead atoms. The topological polar surface area (TPSA) is 39.2 Å². The molecular weight excluding hydrogens is 292 g/mol. The second-order valence-corrected chi connectivity index (χ2v) is 4.49. The van der Waals surface area contributed by atoms with Crippen LogP contribution in [-0.4, -0.2) is 18.1 Å². The highest BCUT2D eigenvalue weighted by molar-refractivity contribution is 6.35. The van der Waals surface area contributed by atoms with Crippen molar-refractivity contribution in [1.82, 2.24) is 4.98 Å². The first-order valence-corrected chi connectivity index (χ1v) is 5.99. The zero-order valence-electron chi connectivity index (χ0n) is 9.78. The number of ether oxygens (including phenoxy) is 1. The Bertz CT molecular complexity index is 647. The third-order valence-electron chi connectivity index (χ3n) is 2.46. The average molecular weight is 300 g/mol. The first-order chi connectivity index (χ1) is 9.02. The molecule has 2 aromatic rings. The van der Waals surface area contributed by atoms with E-state index in [1.165, 1.54) is 25.3 Å². The van der Waals surface area contributed by atoms with Crippen molar-refractivity contribution >= 4 is 29.2 Å². The standard InChI is InChI=1S/C13H8Cl2FNO2/c1-19-13(18)11-5-3-8(12(16)17-11)9-6-7(14)2-4-10(9)15/h2-6H,1H3. The van der Waals surface area contributed by atoms with Crippen LogP contribution in [-0.2, 0) is 4.74 Å². The zero-order valence-corrected chi connectivity index (χ0v) is 11.3. The van der Waals surface area contributed by atoms with Gasteiger partial charge in [0.15, 0.2) is 5.69 Å². The molecule has 1 aromatic heterocycles. The molecule has 0 aliphatic carbocycles. The Morgan fingerprint density at radius 1 is 1.21 bits per heavy atom. The number of rotatable bonds is 2. The SMILES string of the molecule is COC(=O)c1ccc(-c2cc(Cl)ccc2Cl)c(F)n1. The van der Waals surface area contributed by atoms with Crippen LogP contribution < -0.4 is 0 Å². The third-order valence-corrected chi connectivity index (χ3v) is 3.03. The average Bonchev–Trinajstić information content (AvgIpc) is 2.41. The maximum Gasteiger partial charge on any atom is 0.356 e. The minimum absolute atomic E-state index is 0.109. The van der Waals surface area contributed by atoms with Gasteiger partial charge in [0, 0.05) is 21.2 Å². The summed E-state index contributed by atoms with van der Waals surface area (Å²) in [6, 6.07) is 7.46. The predicted molar refractivity (Wildman–Crippen MR) is 71.0 cm³/mol. The first kappa shape index (κ1) is 13.8. The quantitative estimate of drug-likeness (QED) is 0.622. The van der Waals surface area contributed by atoms with Gasteiger partial charge in [0.2, 0.25) is 5.95 Å². The lowest BCUT2D eigenvalue weighted by Gasteiger charge is -2.07. The van der Waals surface area contributed by atoms with Crippen molar-refractivity contribution < 1.29 is 13.9 Å². The van der Waals surface area contributed by atoms with Crippen molar-refractivity contribution in [3.63, 3.8) is 0 Å². The normalized spacial score (nSPS) is 10.3. The Balaban J connectivity index is 2.52. The van der Waals surface area contributed by atoms with Gasteiger partial charge in [-0.05, 0) is 30.3 Å². The van der Waals surface area contributed by atoms with Gasteiger partial charge in [-0.3, -0.25) is 0 Å². The van der Waals surface area contributed by atoms with Gasteiger partial charge in [0.25, 0.3) is 0 Å². The molecule has 98 valence electrons. The molecule has 2 rings (SSSR count). The van der Waals surface area contributed by atoms with E-state index in [4.69, 9.17) is 23.2 Å². The number of pyridine rings is 1. The van der Waals surface area contributed by atoms with Crippen molar-refractivity contribution in [2.45, 2.75) is 0 Å². The maximum atomic E-state index is 13.9. The molecule has 0 N–H and O–H groups in total. The molecule has 0 radical (unpaired) electrons. The van der Waals surface area contributed by atoms with Crippen LogP contribution in [0.3, 0.4) is 0 Å². The number of methoxy groups -OCH3 is 1. The van der Waals surface area contributed by atoms with Gasteiger partial charge in [0.05, 0.1) is 7.11 Å². The van der Waals surface area contributed by atoms with E-state index in [-0.39, 0.29) is 11.3 Å². The van der Waals surface area contributed by atoms with Gasteiger partial charge >= 0.3 is 5.97 Å². The Labute approximate surface area is 118 Å². The van der Waals surface area contributed by atoms with Crippen LogP contribution in [0.5, 0.6) is 0 Å². The Morgan fingerprint density at radius 3 is 2.58 bits per heavy atom. The number of esters is 1. The second kappa shape index (κ2) is 5.55. The number of hydrogen-bond acceptors (Lipinski definition) is 3. The van der Waals surface area contributed by atoms with Gasteiger partial charge in [-0.2, -0.15) is 4.39 Å². The Hall–Kier alpha value is -1.65. The maximum absolute atomic E-state index is 13.9. The Kier molecular flexibility index (Phi) is 4.02. The highest BCUT2D eigenvalue weighted by Gasteiger charge is 2.15. The fourth-order valence-corrected chi connectivity index (χ4v) is 1.95. The molecule has 0 amide bonds. The van der Waals surface area contributed by atoms with Gasteiger partial charge in [-0.25, -0.2) is 9.78 Å². The summed E-state index contributed by atoms with van der Waals surface area (Å²) in [5.74, 6) is -1.52. The summed E-state index contributed by atoms with van der Waals surface area (Å²) in [4.78, 5) is 14.8. The molecule has 6 heteroatoms. The van der Waals surface area contributed by atoms with E-state index in [1.807, 2.05) is 0 Å². The van der Waals surface area contributed by atoms with Crippen LogP contribution >= 0.6 is 23.2 Å². The number of carbonyl (C=O) groups is 1. The zero-order chi connectivity index (χ0) is 14.0. The highest BCUT2D eigenvalue weighted by Crippen LogP contribution is 2.31. The number of aromatic nitrogens is 1. The molecule has 0 unspecified atom stereocenters. The lowest BCUT2D eigenvalue weighted by atomic mass is 10.1. The minimum Gasteiger partial charge on any atom is -0.464 e. The lowest BCUT2D eigenvalue weighted by molar-refractivity contribution is 0.0592. The molecule has 3 nitrogen and oxygen atoms in total. The number of halogens is 3. The predicted octanol–water partition coefficient (Wildman–Crippen LogP) is 3.98. The van der Waals surface area contributed by atoms with E-state index in [0.717, 1.165) is 0 Å². The number of benzene rings is 1. The smallest absolute Gasteiger partial charge is 0.356 e. The van der Waals surface area contributed by atoms with Crippen molar-refractivity contribution in [3.05, 3.63) is 52.0 Å². The van der Waals surface area contributed by atoms with Crippen molar-refractivity contribution in [1.29, 1.82) is 0 Å². The fourth-order valence-electron chi connectivity index (χ4n) is 1.56. The number of hydrogen-bond donors (Lipinski definition) is 0. The van der Waals surface area contributed by atoms with E-state index in [1.54, 1.807) is 12.1 Å². The second-order valence-electron chi connectivity index (χ2n) is 3.65. The highest BCUT2D eigenvalue weighted by atomic mass is 35.5. The summed E-state index contributed by atoms with van der Waals surface area (Å²) in [5.41, 5.74) is 0.470. The molecule has 0 aliphatic rings. The number of carbonyl (C=O) groups excluding carboxylic acids is 1. The van der Waals surface area contributed by atoms with Gasteiger partial charge in [-0.15, -0.1) is 0 Å². The molecule has 0 spiro atoms. The molecular formula is C13H8Cl2FNO2. The van der Waals surface area contributed by atoms with E-state index in [9.17, 15) is 9.18 Å². The van der Waals surface area contributed by atoms with Crippen LogP contribution in [0, 0.1) is 5.95 Å². The molecule has 0 fully saturated rings. The molecule has 19 heavy (non-hydrogen) atoms. The van der Waals surface area contributed by atoms with Crippen LogP contribution in [0.25, 0.3) is 11.1 Å². The molecule has 0 aliphatic heterocycles. The van der Waals surface area contributed by atoms with E-state index in [0.29, 0.717) is 15.6 Å². The lowest BCUT2D eigenvalue weighted by Crippen LogP contribution is -2.06. The van der Waals surface area contributed by atoms with E-state index < -0.39 is 11.9 Å². The van der Waals surface area contributed by atoms with Crippen molar-refractivity contribution in [2.75, 3.05) is 7.11 Å². The number of nitrogens with zero attached hydrogens (tertiary/aromatic N) is 1. The van der Waals surface area contributed by atoms with Gasteiger partial charge < -0.3 is 4.74 Å². The molecule has 1 heterocycles. The van der Waals surface area contributed by atoms with Crippen LogP contribution in [0.2, 0.25) is 10.0 Å². The fraction of sp³-hybridized carbons (Fsp3) is 0.0769. The minimum atomic E-state index is -0.813. The monoisotopic (exact) mass is 299 g/mol. The summed E-state index contributed by atoms with van der Waals surface area (Å²) >= 11 is 11.8. The van der Waals surface area contributed by atoms with Crippen LogP contribution in [0.4, 0.5) is 4.39 Å². The molecule has 1 aromatic carbocycles. The van der Waals surface area contributed by atoms with Crippen LogP contribution in [0.15, 0.2) is 30.3 Å². The van der Waals surface area contributed by atoms with E-state index in [2.05, 4.69) is 9.72 Å². The van der Waals surface area contributed by atoms with Crippen molar-refractivity contribution in [3.8, 4) is 11.1 Å². The summed E-state index contributed by atoms with van der Waals surface area (Å²) in [6.45, 7) is 0. The molecule has 0 saturated heterocycles. The summed E-state index contributed by atoms with van der Waals surface area (Å²) in [5, 5.41) is 0.770. The largest absolute Gasteiger partial charge is 0.464 e. The van der Waals surface area contributed by atoms with Gasteiger partial charge in [-0.1, -0.05) is 23.2 Å². The summed E-state index contributed by atoms with van der Waals surface area (Å²) in [7, 11) is 1.20. The molecule has 0 atom stereocenters. The van der Waals surface area contributed by atoms with E-state index >= 15 is 0 Å². The Morgan fingerprint density at radius 2 is 1.95 bits per heavy atom. The van der Waals surface area contributed by atoms with Crippen molar-refractivity contribution in [2.24, 2.45) is 0 Å². The first-order valence-electron chi connectivity index (χ1n) is 5.23. The van der Waals surface area contributed by atoms with Crippen LogP contribution in [0.1, 0.15) is 10.5 Å². The summed E-state index contributed by atoms with van der Waals surface area (Å²) < 4.78 is 18.4. The molecule has 0 saturated carbocycles. The third kappa shape index (κ3) is 2.85. The summed E-state index contributed by atoms with van der Waals surface area (Å²) in [6.07, 6.45) is 0.